The zero-order chi connectivity index (χ0) is 15.6. The minimum absolute atomic E-state index is 0.0397. The number of nitro groups is 1. The summed E-state index contributed by atoms with van der Waals surface area (Å²) in [7, 11) is 0. The Morgan fingerprint density at radius 2 is 2.00 bits per heavy atom. The van der Waals surface area contributed by atoms with Gasteiger partial charge in [-0.3, -0.25) is 20.4 Å². The van der Waals surface area contributed by atoms with Gasteiger partial charge in [0.1, 0.15) is 5.60 Å². The number of benzene rings is 1. The molecule has 0 aliphatic heterocycles. The molecule has 0 aliphatic rings. The van der Waals surface area contributed by atoms with Crippen LogP contribution >= 0.6 is 0 Å². The van der Waals surface area contributed by atoms with Gasteiger partial charge in [0.2, 0.25) is 0 Å². The summed E-state index contributed by atoms with van der Waals surface area (Å²) in [6.07, 6.45) is 2.31. The van der Waals surface area contributed by atoms with Crippen LogP contribution in [0, 0.1) is 10.1 Å². The number of nitrogens with one attached hydrogen (secondary N) is 1. The summed E-state index contributed by atoms with van der Waals surface area (Å²) >= 11 is 0. The zero-order valence-electron chi connectivity index (χ0n) is 11.9. The molecule has 110 valence electrons. The lowest BCUT2D eigenvalue weighted by Gasteiger charge is -2.20. The van der Waals surface area contributed by atoms with Crippen molar-refractivity contribution in [3.05, 3.63) is 40.7 Å². The number of rotatable bonds is 2. The molecule has 0 bridgehead atoms. The third-order valence-electron chi connectivity index (χ3n) is 2.63. The summed E-state index contributed by atoms with van der Waals surface area (Å²) in [6.45, 7) is 5.26. The van der Waals surface area contributed by atoms with E-state index in [1.165, 1.54) is 30.6 Å². The van der Waals surface area contributed by atoms with Crippen molar-refractivity contribution in [2.45, 2.75) is 26.4 Å². The molecule has 0 atom stereocenters. The van der Waals surface area contributed by atoms with Crippen LogP contribution in [0.3, 0.4) is 0 Å². The van der Waals surface area contributed by atoms with Crippen molar-refractivity contribution in [3.8, 4) is 0 Å². The van der Waals surface area contributed by atoms with Gasteiger partial charge in [0.05, 0.1) is 16.0 Å². The van der Waals surface area contributed by atoms with Crippen molar-refractivity contribution in [1.82, 2.24) is 4.98 Å². The van der Waals surface area contributed by atoms with Crippen LogP contribution in [-0.2, 0) is 4.74 Å². The first-order valence-corrected chi connectivity index (χ1v) is 6.29. The summed E-state index contributed by atoms with van der Waals surface area (Å²) in [5.74, 6) is 0. The van der Waals surface area contributed by atoms with E-state index < -0.39 is 16.6 Å². The molecule has 0 saturated heterocycles. The number of non-ortho nitro benzene ring substituents is 1. The number of nitrogens with zero attached hydrogens (tertiary/aromatic N) is 2. The van der Waals surface area contributed by atoms with Crippen LogP contribution in [0.2, 0.25) is 0 Å². The quantitative estimate of drug-likeness (QED) is 0.674. The summed E-state index contributed by atoms with van der Waals surface area (Å²) in [6, 6.07) is 4.34. The van der Waals surface area contributed by atoms with E-state index in [9.17, 15) is 14.9 Å². The Morgan fingerprint density at radius 3 is 2.62 bits per heavy atom. The molecule has 7 heteroatoms. The lowest BCUT2D eigenvalue weighted by Crippen LogP contribution is -2.27. The molecule has 2 aromatic rings. The Kier molecular flexibility index (Phi) is 3.75. The molecule has 0 saturated carbocycles. The first-order valence-electron chi connectivity index (χ1n) is 6.29. The zero-order valence-corrected chi connectivity index (χ0v) is 11.9. The third-order valence-corrected chi connectivity index (χ3v) is 2.63. The average molecular weight is 289 g/mol. The van der Waals surface area contributed by atoms with Crippen LogP contribution in [0.5, 0.6) is 0 Å². The van der Waals surface area contributed by atoms with E-state index in [-0.39, 0.29) is 5.69 Å². The number of pyridine rings is 1. The van der Waals surface area contributed by atoms with Gasteiger partial charge in [0.15, 0.2) is 0 Å². The molecule has 7 nitrogen and oxygen atoms in total. The molecule has 2 rings (SSSR count). The number of hydrogen-bond donors (Lipinski definition) is 1. The molecule has 0 unspecified atom stereocenters. The summed E-state index contributed by atoms with van der Waals surface area (Å²) in [4.78, 5) is 26.3. The van der Waals surface area contributed by atoms with Crippen molar-refractivity contribution < 1.29 is 14.5 Å². The molecule has 21 heavy (non-hydrogen) atoms. The summed E-state index contributed by atoms with van der Waals surface area (Å²) in [5, 5.41) is 14.5. The number of fused-ring (bicyclic) bond motifs is 1. The van der Waals surface area contributed by atoms with Gasteiger partial charge in [-0.15, -0.1) is 0 Å². The van der Waals surface area contributed by atoms with Crippen molar-refractivity contribution in [2.24, 2.45) is 0 Å². The highest BCUT2D eigenvalue weighted by atomic mass is 16.6. The number of carbonyl (C=O) groups excluding carboxylic acids is 1. The fourth-order valence-corrected chi connectivity index (χ4v) is 1.86. The summed E-state index contributed by atoms with van der Waals surface area (Å²) < 4.78 is 5.16. The van der Waals surface area contributed by atoms with Gasteiger partial charge in [-0.1, -0.05) is 0 Å². The number of aromatic nitrogens is 1. The Morgan fingerprint density at radius 1 is 1.29 bits per heavy atom. The van der Waals surface area contributed by atoms with Crippen LogP contribution in [0.25, 0.3) is 10.8 Å². The number of ether oxygens (including phenoxy) is 1. The molecule has 0 radical (unpaired) electrons. The van der Waals surface area contributed by atoms with Crippen molar-refractivity contribution in [3.63, 3.8) is 0 Å². The van der Waals surface area contributed by atoms with Crippen LogP contribution in [-0.4, -0.2) is 21.6 Å². The van der Waals surface area contributed by atoms with Gasteiger partial charge in [-0.25, -0.2) is 4.79 Å². The van der Waals surface area contributed by atoms with Crippen molar-refractivity contribution >= 4 is 28.2 Å². The normalized spacial score (nSPS) is 11.2. The smallest absolute Gasteiger partial charge is 0.412 e. The lowest BCUT2D eigenvalue weighted by atomic mass is 10.1. The van der Waals surface area contributed by atoms with E-state index in [2.05, 4.69) is 10.3 Å². The number of amides is 1. The molecule has 1 amide bonds. The minimum Gasteiger partial charge on any atom is -0.444 e. The van der Waals surface area contributed by atoms with E-state index in [4.69, 9.17) is 4.74 Å². The first kappa shape index (κ1) is 14.7. The largest absolute Gasteiger partial charge is 0.444 e. The maximum Gasteiger partial charge on any atom is 0.412 e. The van der Waals surface area contributed by atoms with Gasteiger partial charge in [-0.05, 0) is 32.9 Å². The average Bonchev–Trinajstić information content (AvgIpc) is 2.36. The number of nitro benzene ring substituents is 1. The highest BCUT2D eigenvalue weighted by molar-refractivity contribution is 6.03. The van der Waals surface area contributed by atoms with E-state index >= 15 is 0 Å². The Hall–Kier alpha value is -2.70. The standard InChI is InChI=1S/C14H15N3O4/c1-14(2,3)21-13(18)16-11-4-5-12(17(19)20)9-6-7-15-8-10(9)11/h4-8H,1-3H3,(H,16,18). The van der Waals surface area contributed by atoms with E-state index in [1.54, 1.807) is 20.8 Å². The molecule has 1 heterocycles. The van der Waals surface area contributed by atoms with Crippen LogP contribution in [0.1, 0.15) is 20.8 Å². The second-order valence-electron chi connectivity index (χ2n) is 5.44. The second-order valence-corrected chi connectivity index (χ2v) is 5.44. The topological polar surface area (TPSA) is 94.4 Å². The molecule has 0 fully saturated rings. The highest BCUT2D eigenvalue weighted by Crippen LogP contribution is 2.30. The van der Waals surface area contributed by atoms with Gasteiger partial charge < -0.3 is 4.74 Å². The number of anilines is 1. The SMILES string of the molecule is CC(C)(C)OC(=O)Nc1ccc([N+](=O)[O-])c2ccncc12. The molecule has 1 aromatic carbocycles. The van der Waals surface area contributed by atoms with E-state index in [1.807, 2.05) is 0 Å². The minimum atomic E-state index is -0.626. The monoisotopic (exact) mass is 289 g/mol. The maximum absolute atomic E-state index is 11.8. The lowest BCUT2D eigenvalue weighted by molar-refractivity contribution is -0.383. The Labute approximate surface area is 121 Å². The van der Waals surface area contributed by atoms with Gasteiger partial charge in [-0.2, -0.15) is 0 Å². The number of hydrogen-bond acceptors (Lipinski definition) is 5. The Bertz CT molecular complexity index is 707. The molecule has 1 N–H and O–H groups in total. The van der Waals surface area contributed by atoms with Crippen LogP contribution < -0.4 is 5.32 Å². The third kappa shape index (κ3) is 3.44. The first-order chi connectivity index (χ1) is 9.78. The summed E-state index contributed by atoms with van der Waals surface area (Å²) in [5.41, 5.74) is -0.251. The molecular weight excluding hydrogens is 274 g/mol. The highest BCUT2D eigenvalue weighted by Gasteiger charge is 2.19. The fraction of sp³-hybridized carbons (Fsp3) is 0.286. The molecule has 1 aromatic heterocycles. The van der Waals surface area contributed by atoms with Gasteiger partial charge in [0.25, 0.3) is 5.69 Å². The Balaban J connectivity index is 2.40. The van der Waals surface area contributed by atoms with Crippen molar-refractivity contribution in [2.75, 3.05) is 5.32 Å². The second kappa shape index (κ2) is 5.35. The van der Waals surface area contributed by atoms with Gasteiger partial charge in [0, 0.05) is 23.8 Å². The predicted molar refractivity (Wildman–Crippen MR) is 78.3 cm³/mol. The molecule has 0 aliphatic carbocycles. The van der Waals surface area contributed by atoms with Crippen LogP contribution in [0.4, 0.5) is 16.2 Å². The predicted octanol–water partition coefficient (Wildman–Crippen LogP) is 3.49. The van der Waals surface area contributed by atoms with E-state index in [0.717, 1.165) is 0 Å². The molecule has 0 spiro atoms. The van der Waals surface area contributed by atoms with Crippen molar-refractivity contribution in [1.29, 1.82) is 0 Å². The molecular formula is C14H15N3O4. The number of carbonyl (C=O) groups is 1. The van der Waals surface area contributed by atoms with E-state index in [0.29, 0.717) is 16.5 Å². The maximum atomic E-state index is 11.8. The fourth-order valence-electron chi connectivity index (χ4n) is 1.86. The van der Waals surface area contributed by atoms with Crippen LogP contribution in [0.15, 0.2) is 30.6 Å². The van der Waals surface area contributed by atoms with Gasteiger partial charge >= 0.3 is 6.09 Å².